The van der Waals surface area contributed by atoms with Gasteiger partial charge in [0, 0.05) is 12.0 Å². The van der Waals surface area contributed by atoms with Crippen molar-refractivity contribution < 1.29 is 13.5 Å². The molecule has 110 valence electrons. The van der Waals surface area contributed by atoms with E-state index in [1.54, 1.807) is 24.3 Å². The van der Waals surface area contributed by atoms with Crippen molar-refractivity contribution in [1.29, 1.82) is 0 Å². The summed E-state index contributed by atoms with van der Waals surface area (Å²) in [5, 5.41) is 11.0. The molecule has 1 heterocycles. The van der Waals surface area contributed by atoms with Gasteiger partial charge in [-0.05, 0) is 25.0 Å². The van der Waals surface area contributed by atoms with Gasteiger partial charge in [0.2, 0.25) is 0 Å². The monoisotopic (exact) mass is 302 g/mol. The maximum Gasteiger partial charge on any atom is 0.178 e. The molecule has 0 saturated carbocycles. The summed E-state index contributed by atoms with van der Waals surface area (Å²) in [6, 6.07) is 14.8. The maximum atomic E-state index is 12.2. The molecule has 2 aromatic carbocycles. The number of hydrogen-bond acceptors (Lipinski definition) is 3. The summed E-state index contributed by atoms with van der Waals surface area (Å²) in [6.45, 7) is 2.01. The molecule has 0 fully saturated rings. The molecule has 0 radical (unpaired) electrons. The predicted octanol–water partition coefficient (Wildman–Crippen LogP) is 2.60. The molecule has 1 aliphatic heterocycles. The lowest BCUT2D eigenvalue weighted by molar-refractivity contribution is 0.0283. The van der Waals surface area contributed by atoms with Crippen LogP contribution in [0.3, 0.4) is 0 Å². The quantitative estimate of drug-likeness (QED) is 0.927. The van der Waals surface area contributed by atoms with Crippen LogP contribution in [0.25, 0.3) is 0 Å². The minimum absolute atomic E-state index is 0.00761. The van der Waals surface area contributed by atoms with Crippen LogP contribution in [0.2, 0.25) is 0 Å². The van der Waals surface area contributed by atoms with Gasteiger partial charge in [0.25, 0.3) is 0 Å². The van der Waals surface area contributed by atoms with Crippen molar-refractivity contribution in [3.63, 3.8) is 0 Å². The molecule has 0 bridgehead atoms. The van der Waals surface area contributed by atoms with E-state index in [1.807, 2.05) is 31.2 Å². The van der Waals surface area contributed by atoms with E-state index in [2.05, 4.69) is 0 Å². The lowest BCUT2D eigenvalue weighted by atomic mass is 9.84. The second-order valence-electron chi connectivity index (χ2n) is 5.76. The lowest BCUT2D eigenvalue weighted by Crippen LogP contribution is -2.37. The van der Waals surface area contributed by atoms with Crippen molar-refractivity contribution in [3.8, 4) is 0 Å². The van der Waals surface area contributed by atoms with Crippen LogP contribution in [0.5, 0.6) is 0 Å². The predicted molar refractivity (Wildman–Crippen MR) is 81.9 cm³/mol. The van der Waals surface area contributed by atoms with Crippen molar-refractivity contribution in [3.05, 3.63) is 65.2 Å². The highest BCUT2D eigenvalue weighted by atomic mass is 32.2. The minimum Gasteiger partial charge on any atom is -0.385 e. The molecule has 1 aliphatic rings. The number of benzene rings is 2. The van der Waals surface area contributed by atoms with Gasteiger partial charge in [0.1, 0.15) is 0 Å². The third kappa shape index (κ3) is 2.61. The van der Waals surface area contributed by atoms with Crippen LogP contribution >= 0.6 is 0 Å². The molecule has 1 N–H and O–H groups in total. The van der Waals surface area contributed by atoms with E-state index in [4.69, 9.17) is 0 Å². The van der Waals surface area contributed by atoms with E-state index in [-0.39, 0.29) is 17.1 Å². The standard InChI is InChI=1S/C17H18O3S/c1-13-5-4-6-14(11-13)12-17(18)9-10-21(19,20)16-8-3-2-7-15(16)17/h2-8,11,18H,9-10,12H2,1H3. The Hall–Kier alpha value is -1.65. The second kappa shape index (κ2) is 4.97. The summed E-state index contributed by atoms with van der Waals surface area (Å²) in [6.07, 6.45) is 0.668. The van der Waals surface area contributed by atoms with Crippen molar-refractivity contribution >= 4 is 9.84 Å². The minimum atomic E-state index is -3.27. The number of aliphatic hydroxyl groups is 1. The number of rotatable bonds is 2. The highest BCUT2D eigenvalue weighted by Gasteiger charge is 2.40. The van der Waals surface area contributed by atoms with Crippen molar-refractivity contribution in [1.82, 2.24) is 0 Å². The highest BCUT2D eigenvalue weighted by molar-refractivity contribution is 7.91. The zero-order chi connectivity index (χ0) is 15.1. The summed E-state index contributed by atoms with van der Waals surface area (Å²) < 4.78 is 24.3. The van der Waals surface area contributed by atoms with Gasteiger partial charge in [-0.3, -0.25) is 0 Å². The molecule has 0 spiro atoms. The summed E-state index contributed by atoms with van der Waals surface area (Å²) in [4.78, 5) is 0.270. The van der Waals surface area contributed by atoms with E-state index in [1.165, 1.54) is 0 Å². The zero-order valence-corrected chi connectivity index (χ0v) is 12.7. The number of hydrogen-bond donors (Lipinski definition) is 1. The van der Waals surface area contributed by atoms with Gasteiger partial charge in [-0.1, -0.05) is 48.0 Å². The first-order valence-corrected chi connectivity index (χ1v) is 8.66. The molecule has 0 aliphatic carbocycles. The summed E-state index contributed by atoms with van der Waals surface area (Å²) in [5.74, 6) is -0.00761. The molecule has 0 aromatic heterocycles. The number of fused-ring (bicyclic) bond motifs is 1. The summed E-state index contributed by atoms with van der Waals surface area (Å²) in [7, 11) is -3.27. The SMILES string of the molecule is Cc1cccc(CC2(O)CCS(=O)(=O)c3ccccc32)c1. The van der Waals surface area contributed by atoms with Crippen LogP contribution in [0.15, 0.2) is 53.4 Å². The third-order valence-corrected chi connectivity index (χ3v) is 5.85. The maximum absolute atomic E-state index is 12.2. The fourth-order valence-electron chi connectivity index (χ4n) is 3.01. The molecular weight excluding hydrogens is 284 g/mol. The van der Waals surface area contributed by atoms with Gasteiger partial charge >= 0.3 is 0 Å². The van der Waals surface area contributed by atoms with Crippen LogP contribution in [0, 0.1) is 6.92 Å². The average molecular weight is 302 g/mol. The van der Waals surface area contributed by atoms with Gasteiger partial charge in [-0.2, -0.15) is 0 Å². The normalized spacial score (nSPS) is 23.5. The molecule has 3 rings (SSSR count). The summed E-state index contributed by atoms with van der Waals surface area (Å²) in [5.41, 5.74) is 1.56. The third-order valence-electron chi connectivity index (χ3n) is 4.09. The Morgan fingerprint density at radius 3 is 2.67 bits per heavy atom. The first-order valence-electron chi connectivity index (χ1n) is 7.01. The van der Waals surface area contributed by atoms with Gasteiger partial charge in [-0.25, -0.2) is 8.42 Å². The first kappa shape index (κ1) is 14.3. The fourth-order valence-corrected chi connectivity index (χ4v) is 4.72. The molecule has 3 nitrogen and oxygen atoms in total. The Morgan fingerprint density at radius 2 is 1.90 bits per heavy atom. The molecule has 0 saturated heterocycles. The molecular formula is C17H18O3S. The molecule has 1 unspecified atom stereocenters. The Morgan fingerprint density at radius 1 is 1.14 bits per heavy atom. The van der Waals surface area contributed by atoms with E-state index in [9.17, 15) is 13.5 Å². The molecule has 2 aromatic rings. The van der Waals surface area contributed by atoms with Crippen LogP contribution in [0.1, 0.15) is 23.1 Å². The van der Waals surface area contributed by atoms with Crippen LogP contribution in [0.4, 0.5) is 0 Å². The van der Waals surface area contributed by atoms with E-state index in [0.29, 0.717) is 12.0 Å². The van der Waals surface area contributed by atoms with Crippen molar-refractivity contribution in [2.24, 2.45) is 0 Å². The van der Waals surface area contributed by atoms with Gasteiger partial charge in [0.05, 0.1) is 16.2 Å². The van der Waals surface area contributed by atoms with Crippen LogP contribution in [-0.2, 0) is 21.9 Å². The Bertz CT molecular complexity index is 780. The highest BCUT2D eigenvalue weighted by Crippen LogP contribution is 2.39. The van der Waals surface area contributed by atoms with Crippen LogP contribution < -0.4 is 0 Å². The Labute approximate surface area is 125 Å². The lowest BCUT2D eigenvalue weighted by Gasteiger charge is -2.34. The molecule has 4 heteroatoms. The largest absolute Gasteiger partial charge is 0.385 e. The van der Waals surface area contributed by atoms with E-state index >= 15 is 0 Å². The van der Waals surface area contributed by atoms with Crippen molar-refractivity contribution in [2.45, 2.75) is 30.3 Å². The van der Waals surface area contributed by atoms with Gasteiger partial charge in [0.15, 0.2) is 9.84 Å². The average Bonchev–Trinajstić information content (AvgIpc) is 2.44. The molecule has 0 amide bonds. The summed E-state index contributed by atoms with van der Waals surface area (Å²) >= 11 is 0. The number of sulfone groups is 1. The number of aryl methyl sites for hydroxylation is 1. The fraction of sp³-hybridized carbons (Fsp3) is 0.294. The molecule has 21 heavy (non-hydrogen) atoms. The topological polar surface area (TPSA) is 54.4 Å². The van der Waals surface area contributed by atoms with Gasteiger partial charge in [-0.15, -0.1) is 0 Å². The van der Waals surface area contributed by atoms with E-state index < -0.39 is 15.4 Å². The second-order valence-corrected chi connectivity index (χ2v) is 7.84. The molecule has 1 atom stereocenters. The smallest absolute Gasteiger partial charge is 0.178 e. The van der Waals surface area contributed by atoms with Crippen LogP contribution in [-0.4, -0.2) is 19.3 Å². The Kier molecular flexibility index (Phi) is 3.38. The van der Waals surface area contributed by atoms with Crippen molar-refractivity contribution in [2.75, 3.05) is 5.75 Å². The Balaban J connectivity index is 2.06. The first-order chi connectivity index (χ1) is 9.91. The zero-order valence-electron chi connectivity index (χ0n) is 11.9. The van der Waals surface area contributed by atoms with E-state index in [0.717, 1.165) is 11.1 Å². The van der Waals surface area contributed by atoms with Gasteiger partial charge < -0.3 is 5.11 Å².